The highest BCUT2D eigenvalue weighted by Crippen LogP contribution is 2.33. The lowest BCUT2D eigenvalue weighted by atomic mass is 9.73. The molecule has 0 amide bonds. The van der Waals surface area contributed by atoms with Crippen LogP contribution in [0.25, 0.3) is 0 Å². The van der Waals surface area contributed by atoms with Crippen LogP contribution in [0, 0.1) is 23.3 Å². The number of halogens is 4. The second-order valence-corrected chi connectivity index (χ2v) is 7.63. The van der Waals surface area contributed by atoms with Crippen LogP contribution in [-0.4, -0.2) is 66.8 Å². The summed E-state index contributed by atoms with van der Waals surface area (Å²) in [6.07, 6.45) is -7.28. The zero-order chi connectivity index (χ0) is 24.3. The predicted molar refractivity (Wildman–Crippen MR) is 105 cm³/mol. The van der Waals surface area contributed by atoms with Crippen molar-refractivity contribution in [1.29, 1.82) is 0 Å². The van der Waals surface area contributed by atoms with Gasteiger partial charge < -0.3 is 30.6 Å². The van der Waals surface area contributed by atoms with Gasteiger partial charge in [-0.1, -0.05) is 18.2 Å². The maximum Gasteiger partial charge on any atom is 0.159 e. The van der Waals surface area contributed by atoms with Gasteiger partial charge in [0, 0.05) is 12.8 Å². The smallest absolute Gasteiger partial charge is 0.159 e. The summed E-state index contributed by atoms with van der Waals surface area (Å²) < 4.78 is 53.7. The van der Waals surface area contributed by atoms with Crippen LogP contribution >= 0.6 is 0 Å². The second-order valence-electron chi connectivity index (χ2n) is 7.63. The van der Waals surface area contributed by atoms with E-state index in [1.54, 1.807) is 0 Å². The van der Waals surface area contributed by atoms with Crippen molar-refractivity contribution in [3.63, 3.8) is 0 Å². The minimum atomic E-state index is -2.84. The topological polar surface area (TPSA) is 121 Å². The molecule has 0 saturated carbocycles. The minimum absolute atomic E-state index is 0.0160. The summed E-state index contributed by atoms with van der Waals surface area (Å²) in [4.78, 5) is 0. The predicted octanol–water partition coefficient (Wildman–Crippen LogP) is 0.751. The Labute approximate surface area is 181 Å². The van der Waals surface area contributed by atoms with Gasteiger partial charge in [0.05, 0.1) is 6.61 Å². The largest absolute Gasteiger partial charge is 0.394 e. The fourth-order valence-corrected chi connectivity index (χ4v) is 3.46. The van der Waals surface area contributed by atoms with E-state index in [9.17, 15) is 48.2 Å². The molecular weight excluding hydrogens is 436 g/mol. The molecule has 176 valence electrons. The van der Waals surface area contributed by atoms with Gasteiger partial charge in [0.2, 0.25) is 0 Å². The Balaban J connectivity index is 2.49. The van der Waals surface area contributed by atoms with Crippen molar-refractivity contribution in [3.8, 4) is 0 Å². The third-order valence-corrected chi connectivity index (χ3v) is 5.31. The van der Waals surface area contributed by atoms with Crippen LogP contribution in [0.1, 0.15) is 11.1 Å². The molecule has 0 heterocycles. The van der Waals surface area contributed by atoms with Crippen molar-refractivity contribution in [2.75, 3.05) is 6.61 Å². The van der Waals surface area contributed by atoms with Crippen LogP contribution in [0.2, 0.25) is 0 Å². The molecule has 0 spiro atoms. The molecule has 0 radical (unpaired) electrons. The van der Waals surface area contributed by atoms with Gasteiger partial charge in [0.1, 0.15) is 29.5 Å². The Morgan fingerprint density at radius 1 is 0.812 bits per heavy atom. The number of hydrogen-bond donors (Lipinski definition) is 6. The Bertz CT molecular complexity index is 958. The lowest BCUT2D eigenvalue weighted by molar-refractivity contribution is -0.218. The molecule has 0 aliphatic heterocycles. The van der Waals surface area contributed by atoms with E-state index in [2.05, 4.69) is 6.58 Å². The Morgan fingerprint density at radius 3 is 1.69 bits per heavy atom. The molecule has 2 rings (SSSR count). The van der Waals surface area contributed by atoms with Gasteiger partial charge in [-0.3, -0.25) is 0 Å². The number of aliphatic hydroxyl groups is 6. The Kier molecular flexibility index (Phi) is 8.16. The van der Waals surface area contributed by atoms with E-state index in [0.29, 0.717) is 6.07 Å². The summed E-state index contributed by atoms with van der Waals surface area (Å²) in [5, 5.41) is 62.6. The average molecular weight is 460 g/mol. The third kappa shape index (κ3) is 5.34. The van der Waals surface area contributed by atoms with E-state index in [1.807, 2.05) is 0 Å². The molecule has 6 nitrogen and oxygen atoms in total. The van der Waals surface area contributed by atoms with E-state index >= 15 is 0 Å². The molecule has 6 N–H and O–H groups in total. The monoisotopic (exact) mass is 460 g/mol. The van der Waals surface area contributed by atoms with Crippen LogP contribution < -0.4 is 0 Å². The highest BCUT2D eigenvalue weighted by molar-refractivity contribution is 5.26. The van der Waals surface area contributed by atoms with Crippen molar-refractivity contribution in [2.45, 2.75) is 42.4 Å². The first kappa shape index (κ1) is 25.9. The highest BCUT2D eigenvalue weighted by atomic mass is 19.2. The van der Waals surface area contributed by atoms with Crippen molar-refractivity contribution >= 4 is 0 Å². The average Bonchev–Trinajstić information content (AvgIpc) is 2.76. The minimum Gasteiger partial charge on any atom is -0.394 e. The standard InChI is InChI=1S/C22H24F4O6/c1-2-21(31,9-12-3-5-14(23)16(25)7-12)20(30)22(32,19(29)18(28)11-27)10-13-4-6-15(24)17(26)8-13/h2-8,18-20,27-32H,1,9-11H2/t18-,19+,20+,21?,22+/m0/s1. The van der Waals surface area contributed by atoms with Crippen molar-refractivity contribution < 1.29 is 48.2 Å². The SMILES string of the molecule is C=CC(O)(Cc1ccc(F)c(F)c1)[C@@H](O)[C@@](O)(Cc1ccc(F)c(F)c1)[C@H](O)[C@@H](O)CO. The van der Waals surface area contributed by atoms with Gasteiger partial charge in [-0.25, -0.2) is 17.6 Å². The van der Waals surface area contributed by atoms with Crippen LogP contribution in [-0.2, 0) is 12.8 Å². The van der Waals surface area contributed by atoms with E-state index < -0.39 is 72.2 Å². The fourth-order valence-electron chi connectivity index (χ4n) is 3.46. The van der Waals surface area contributed by atoms with Gasteiger partial charge in [0.15, 0.2) is 23.3 Å². The quantitative estimate of drug-likeness (QED) is 0.230. The lowest BCUT2D eigenvalue weighted by Gasteiger charge is -2.45. The summed E-state index contributed by atoms with van der Waals surface area (Å²) in [7, 11) is 0. The molecule has 0 bridgehead atoms. The van der Waals surface area contributed by atoms with E-state index in [-0.39, 0.29) is 11.1 Å². The number of benzene rings is 2. The van der Waals surface area contributed by atoms with Crippen LogP contribution in [0.15, 0.2) is 49.1 Å². The van der Waals surface area contributed by atoms with E-state index in [1.165, 1.54) is 0 Å². The molecule has 32 heavy (non-hydrogen) atoms. The summed E-state index contributed by atoms with van der Waals surface area (Å²) in [5.41, 5.74) is -5.46. The summed E-state index contributed by atoms with van der Waals surface area (Å²) in [6.45, 7) is 2.32. The van der Waals surface area contributed by atoms with Gasteiger partial charge in [-0.05, 0) is 35.4 Å². The van der Waals surface area contributed by atoms with Crippen LogP contribution in [0.5, 0.6) is 0 Å². The first-order chi connectivity index (χ1) is 14.9. The molecule has 0 saturated heterocycles. The van der Waals surface area contributed by atoms with Crippen molar-refractivity contribution in [2.24, 2.45) is 0 Å². The fraction of sp³-hybridized carbons (Fsp3) is 0.364. The zero-order valence-electron chi connectivity index (χ0n) is 16.8. The van der Waals surface area contributed by atoms with Gasteiger partial charge in [-0.2, -0.15) is 0 Å². The number of hydrogen-bond acceptors (Lipinski definition) is 6. The molecule has 2 aromatic rings. The van der Waals surface area contributed by atoms with Crippen LogP contribution in [0.3, 0.4) is 0 Å². The van der Waals surface area contributed by atoms with Crippen molar-refractivity contribution in [3.05, 3.63) is 83.4 Å². The van der Waals surface area contributed by atoms with E-state index in [0.717, 1.165) is 36.4 Å². The second kappa shape index (κ2) is 10.1. The normalized spacial score (nSPS) is 18.3. The maximum absolute atomic E-state index is 13.6. The summed E-state index contributed by atoms with van der Waals surface area (Å²) >= 11 is 0. The van der Waals surface area contributed by atoms with Crippen molar-refractivity contribution in [1.82, 2.24) is 0 Å². The highest BCUT2D eigenvalue weighted by Gasteiger charge is 2.53. The lowest BCUT2D eigenvalue weighted by Crippen LogP contribution is -2.66. The van der Waals surface area contributed by atoms with E-state index in [4.69, 9.17) is 0 Å². The maximum atomic E-state index is 13.6. The van der Waals surface area contributed by atoms with Gasteiger partial charge in [0.25, 0.3) is 0 Å². The van der Waals surface area contributed by atoms with Gasteiger partial charge in [-0.15, -0.1) is 6.58 Å². The molecule has 2 aromatic carbocycles. The molecule has 0 aromatic heterocycles. The first-order valence-electron chi connectivity index (χ1n) is 9.49. The molecule has 10 heteroatoms. The summed E-state index contributed by atoms with van der Waals surface area (Å²) in [6, 6.07) is 5.06. The molecular formula is C22H24F4O6. The molecule has 1 unspecified atom stereocenters. The summed E-state index contributed by atoms with van der Waals surface area (Å²) in [5.74, 6) is -4.89. The molecule has 0 aliphatic rings. The molecule has 0 fully saturated rings. The molecule has 0 aliphatic carbocycles. The van der Waals surface area contributed by atoms with Crippen LogP contribution in [0.4, 0.5) is 17.6 Å². The number of rotatable bonds is 10. The third-order valence-electron chi connectivity index (χ3n) is 5.31. The van der Waals surface area contributed by atoms with Gasteiger partial charge >= 0.3 is 0 Å². The molecule has 5 atom stereocenters. The Hall–Kier alpha value is -2.34. The number of aliphatic hydroxyl groups excluding tert-OH is 4. The zero-order valence-corrected chi connectivity index (χ0v) is 16.8. The Morgan fingerprint density at radius 2 is 1.28 bits per heavy atom. The first-order valence-corrected chi connectivity index (χ1v) is 9.49.